The Morgan fingerprint density at radius 1 is 1.29 bits per heavy atom. The van der Waals surface area contributed by atoms with Gasteiger partial charge in [-0.05, 0) is 41.8 Å². The number of hydrogen-bond donors (Lipinski definition) is 2. The largest absolute Gasteiger partial charge is 0.412 e. The number of nitrogens with two attached hydrogens (primary N) is 1. The third-order valence-corrected chi connectivity index (χ3v) is 3.78. The van der Waals surface area contributed by atoms with Gasteiger partial charge in [-0.2, -0.15) is 4.98 Å². The van der Waals surface area contributed by atoms with Crippen molar-refractivity contribution in [1.82, 2.24) is 9.97 Å². The highest BCUT2D eigenvalue weighted by Gasteiger charge is 2.12. The molecule has 0 saturated carbocycles. The quantitative estimate of drug-likeness (QED) is 0.679. The average Bonchev–Trinajstić information content (AvgIpc) is 2.89. The fourth-order valence-corrected chi connectivity index (χ4v) is 2.60. The summed E-state index contributed by atoms with van der Waals surface area (Å²) in [5.74, 6) is -0.278. The molecule has 0 aliphatic carbocycles. The van der Waals surface area contributed by atoms with Gasteiger partial charge in [0.05, 0.1) is 16.4 Å². The van der Waals surface area contributed by atoms with Crippen LogP contribution >= 0.6 is 24.0 Å². The molecule has 0 spiro atoms. The van der Waals surface area contributed by atoms with Crippen LogP contribution in [0, 0.1) is 5.82 Å². The monoisotopic (exact) mass is 369 g/mol. The molecular weight excluding hydrogens is 356 g/mol. The van der Waals surface area contributed by atoms with Crippen molar-refractivity contribution >= 4 is 41.1 Å². The molecular formula is C16H14Cl2FN3O2. The van der Waals surface area contributed by atoms with E-state index >= 15 is 0 Å². The van der Waals surface area contributed by atoms with Crippen LogP contribution in [-0.2, 0) is 6.42 Å². The zero-order chi connectivity index (χ0) is 16.4. The molecule has 1 amide bonds. The Bertz CT molecular complexity index is 852. The second kappa shape index (κ2) is 7.51. The fourth-order valence-electron chi connectivity index (χ4n) is 2.28. The van der Waals surface area contributed by atoms with E-state index < -0.39 is 6.09 Å². The predicted octanol–water partition coefficient (Wildman–Crippen LogP) is 4.10. The number of carbonyl (C=O) groups is 1. The van der Waals surface area contributed by atoms with Crippen molar-refractivity contribution in [3.05, 3.63) is 59.4 Å². The van der Waals surface area contributed by atoms with Gasteiger partial charge in [0.15, 0.2) is 0 Å². The molecule has 1 atom stereocenters. The second-order valence-corrected chi connectivity index (χ2v) is 5.56. The Hall–Kier alpha value is -2.31. The molecule has 24 heavy (non-hydrogen) atoms. The highest BCUT2D eigenvalue weighted by Crippen LogP contribution is 2.28. The molecule has 0 fully saturated rings. The number of halogens is 3. The molecule has 3 N–H and O–H groups in total. The lowest BCUT2D eigenvalue weighted by molar-refractivity contribution is 0.207. The molecule has 0 aliphatic heterocycles. The minimum atomic E-state index is -0.934. The van der Waals surface area contributed by atoms with E-state index in [0.717, 1.165) is 11.1 Å². The number of aromatic nitrogens is 2. The first-order valence-electron chi connectivity index (χ1n) is 6.87. The topological polar surface area (TPSA) is 81.0 Å². The van der Waals surface area contributed by atoms with Crippen LogP contribution in [0.1, 0.15) is 16.5 Å². The number of nitrogens with zero attached hydrogens (tertiary/aromatic N) is 1. The highest BCUT2D eigenvalue weighted by atomic mass is 35.5. The van der Waals surface area contributed by atoms with Crippen molar-refractivity contribution in [3.63, 3.8) is 0 Å². The number of ether oxygens (including phenoxy) is 1. The number of primary amides is 1. The number of carbonyl (C=O) groups excluding carboxylic acids is 1. The number of alkyl halides is 1. The van der Waals surface area contributed by atoms with Crippen molar-refractivity contribution in [2.45, 2.75) is 11.8 Å². The van der Waals surface area contributed by atoms with Crippen LogP contribution in [-0.4, -0.2) is 16.1 Å². The summed E-state index contributed by atoms with van der Waals surface area (Å²) in [6.45, 7) is 0. The summed E-state index contributed by atoms with van der Waals surface area (Å²) in [6.07, 6.45) is -0.376. The van der Waals surface area contributed by atoms with E-state index in [1.165, 1.54) is 12.1 Å². The van der Waals surface area contributed by atoms with Crippen LogP contribution < -0.4 is 10.5 Å². The molecule has 8 heteroatoms. The molecule has 0 radical (unpaired) electrons. The van der Waals surface area contributed by atoms with E-state index in [-0.39, 0.29) is 29.6 Å². The minimum Gasteiger partial charge on any atom is -0.376 e. The number of H-pyrrole nitrogens is 1. The first-order valence-corrected chi connectivity index (χ1v) is 7.30. The minimum absolute atomic E-state index is 0. The normalized spacial score (nSPS) is 11.8. The molecule has 1 heterocycles. The molecule has 1 unspecified atom stereocenters. The van der Waals surface area contributed by atoms with Crippen LogP contribution in [0.5, 0.6) is 6.01 Å². The number of hydrogen-bond acceptors (Lipinski definition) is 3. The van der Waals surface area contributed by atoms with Gasteiger partial charge in [-0.3, -0.25) is 0 Å². The maximum atomic E-state index is 12.9. The number of rotatable bonds is 4. The van der Waals surface area contributed by atoms with E-state index in [1.54, 1.807) is 24.3 Å². The van der Waals surface area contributed by atoms with Crippen molar-refractivity contribution in [2.75, 3.05) is 0 Å². The number of amides is 1. The van der Waals surface area contributed by atoms with Gasteiger partial charge in [0.1, 0.15) is 5.82 Å². The van der Waals surface area contributed by atoms with Crippen molar-refractivity contribution < 1.29 is 13.9 Å². The molecule has 0 bridgehead atoms. The van der Waals surface area contributed by atoms with Gasteiger partial charge >= 0.3 is 12.1 Å². The molecule has 0 saturated heterocycles. The van der Waals surface area contributed by atoms with E-state index in [0.29, 0.717) is 17.5 Å². The van der Waals surface area contributed by atoms with Gasteiger partial charge in [-0.1, -0.05) is 18.2 Å². The summed E-state index contributed by atoms with van der Waals surface area (Å²) >= 11 is 6.43. The number of benzene rings is 2. The average molecular weight is 370 g/mol. The number of fused-ring (bicyclic) bond motifs is 1. The fraction of sp³-hybridized carbons (Fsp3) is 0.125. The summed E-state index contributed by atoms with van der Waals surface area (Å²) in [4.78, 5) is 17.7. The van der Waals surface area contributed by atoms with Gasteiger partial charge in [0.2, 0.25) is 0 Å². The van der Waals surface area contributed by atoms with Gasteiger partial charge in [-0.15, -0.1) is 24.0 Å². The lowest BCUT2D eigenvalue weighted by Gasteiger charge is -2.10. The van der Waals surface area contributed by atoms with Crippen LogP contribution in [0.4, 0.5) is 9.18 Å². The van der Waals surface area contributed by atoms with Gasteiger partial charge in [0, 0.05) is 0 Å². The zero-order valence-corrected chi connectivity index (χ0v) is 13.9. The standard InChI is InChI=1S/C16H13ClFN3O2.ClH/c17-12(7-9-1-4-11(18)5-2-9)10-3-6-13-14(8-10)21-16(20-13)23-15(19)22;/h1-6,8,12H,7H2,(H2,19,22)(H,20,21);1H. The van der Waals surface area contributed by atoms with Crippen molar-refractivity contribution in [1.29, 1.82) is 0 Å². The maximum absolute atomic E-state index is 12.9. The highest BCUT2D eigenvalue weighted by molar-refractivity contribution is 6.21. The first kappa shape index (κ1) is 18.0. The number of aromatic amines is 1. The third-order valence-electron chi connectivity index (χ3n) is 3.37. The molecule has 3 rings (SSSR count). The van der Waals surface area contributed by atoms with E-state index in [1.807, 2.05) is 6.07 Å². The summed E-state index contributed by atoms with van der Waals surface area (Å²) in [6, 6.07) is 11.7. The Kier molecular flexibility index (Phi) is 5.64. The first-order chi connectivity index (χ1) is 11.0. The van der Waals surface area contributed by atoms with Crippen molar-refractivity contribution in [2.24, 2.45) is 5.73 Å². The maximum Gasteiger partial charge on any atom is 0.412 e. The Morgan fingerprint density at radius 3 is 2.67 bits per heavy atom. The summed E-state index contributed by atoms with van der Waals surface area (Å²) in [7, 11) is 0. The second-order valence-electron chi connectivity index (χ2n) is 5.04. The van der Waals surface area contributed by atoms with E-state index in [4.69, 9.17) is 22.1 Å². The molecule has 0 aliphatic rings. The van der Waals surface area contributed by atoms with Crippen LogP contribution in [0.3, 0.4) is 0 Å². The molecule has 1 aromatic heterocycles. The number of imidazole rings is 1. The van der Waals surface area contributed by atoms with E-state index in [9.17, 15) is 9.18 Å². The van der Waals surface area contributed by atoms with Crippen LogP contribution in [0.25, 0.3) is 11.0 Å². The third kappa shape index (κ3) is 4.15. The lowest BCUT2D eigenvalue weighted by Crippen LogP contribution is -2.16. The Labute approximate surface area is 148 Å². The Morgan fingerprint density at radius 2 is 2.00 bits per heavy atom. The number of nitrogens with one attached hydrogen (secondary N) is 1. The zero-order valence-electron chi connectivity index (χ0n) is 12.3. The summed E-state index contributed by atoms with van der Waals surface area (Å²) in [5, 5.41) is -0.290. The van der Waals surface area contributed by atoms with Crippen molar-refractivity contribution in [3.8, 4) is 6.01 Å². The van der Waals surface area contributed by atoms with Crippen LogP contribution in [0.2, 0.25) is 0 Å². The lowest BCUT2D eigenvalue weighted by atomic mass is 10.0. The van der Waals surface area contributed by atoms with E-state index in [2.05, 4.69) is 9.97 Å². The van der Waals surface area contributed by atoms with Crippen LogP contribution in [0.15, 0.2) is 42.5 Å². The summed E-state index contributed by atoms with van der Waals surface area (Å²) < 4.78 is 17.6. The predicted molar refractivity (Wildman–Crippen MR) is 92.3 cm³/mol. The molecule has 3 aromatic rings. The molecule has 126 valence electrons. The Balaban J connectivity index is 0.00000208. The van der Waals surface area contributed by atoms with Gasteiger partial charge < -0.3 is 15.5 Å². The molecule has 2 aromatic carbocycles. The molecule has 5 nitrogen and oxygen atoms in total. The van der Waals surface area contributed by atoms with Gasteiger partial charge in [-0.25, -0.2) is 9.18 Å². The van der Waals surface area contributed by atoms with Gasteiger partial charge in [0.25, 0.3) is 0 Å². The SMILES string of the molecule is Cl.NC(=O)Oc1nc2cc(C(Cl)Cc3ccc(F)cc3)ccc2[nH]1. The summed E-state index contributed by atoms with van der Waals surface area (Å²) in [5.41, 5.74) is 8.07. The smallest absolute Gasteiger partial charge is 0.376 e.